The number of unbranched alkanes of at least 4 members (excludes halogenated alkanes) is 2. The summed E-state index contributed by atoms with van der Waals surface area (Å²) in [6, 6.07) is 10.2. The highest BCUT2D eigenvalue weighted by Crippen LogP contribution is 2.36. The van der Waals surface area contributed by atoms with Gasteiger partial charge in [0, 0.05) is 6.04 Å². The Labute approximate surface area is 209 Å². The fourth-order valence-corrected chi connectivity index (χ4v) is 5.09. The third-order valence-corrected chi connectivity index (χ3v) is 6.89. The van der Waals surface area contributed by atoms with Crippen LogP contribution in [0.3, 0.4) is 0 Å². The summed E-state index contributed by atoms with van der Waals surface area (Å²) in [6.07, 6.45) is 8.56. The normalized spacial score (nSPS) is 21.3. The average Bonchev–Trinajstić information content (AvgIpc) is 3.25. The molecule has 7 nitrogen and oxygen atoms in total. The van der Waals surface area contributed by atoms with E-state index in [4.69, 9.17) is 15.2 Å². The van der Waals surface area contributed by atoms with Crippen LogP contribution in [-0.2, 0) is 20.9 Å². The molecular formula is C28H41N3O4. The molecule has 3 rings (SSSR count). The van der Waals surface area contributed by atoms with Crippen molar-refractivity contribution in [1.82, 2.24) is 4.90 Å². The van der Waals surface area contributed by atoms with Crippen molar-refractivity contribution < 1.29 is 19.4 Å². The Hall–Kier alpha value is -2.64. The van der Waals surface area contributed by atoms with Gasteiger partial charge < -0.3 is 25.2 Å². The molecule has 0 radical (unpaired) electrons. The molecule has 192 valence electrons. The first-order chi connectivity index (χ1) is 16.9. The molecule has 0 saturated carbocycles. The molecule has 2 aliphatic rings. The minimum Gasteiger partial charge on any atom is -0.458 e. The molecule has 35 heavy (non-hydrogen) atoms. The highest BCUT2D eigenvalue weighted by molar-refractivity contribution is 5.95. The molecule has 4 atom stereocenters. The first-order valence-corrected chi connectivity index (χ1v) is 12.9. The fourth-order valence-electron chi connectivity index (χ4n) is 5.09. The van der Waals surface area contributed by atoms with Crippen LogP contribution in [0.4, 0.5) is 0 Å². The van der Waals surface area contributed by atoms with E-state index < -0.39 is 6.10 Å². The summed E-state index contributed by atoms with van der Waals surface area (Å²) >= 11 is 0. The number of rotatable bonds is 14. The maximum absolute atomic E-state index is 12.6. The molecular weight excluding hydrogens is 442 g/mol. The Morgan fingerprint density at radius 1 is 1.26 bits per heavy atom. The molecule has 1 fully saturated rings. The molecule has 1 saturated heterocycles. The molecule has 2 aliphatic heterocycles. The molecule has 0 bridgehead atoms. The number of ether oxygens (including phenoxy) is 2. The number of benzene rings is 1. The monoisotopic (exact) mass is 483 g/mol. The van der Waals surface area contributed by atoms with Crippen LogP contribution >= 0.6 is 0 Å². The maximum atomic E-state index is 12.6. The van der Waals surface area contributed by atoms with Crippen molar-refractivity contribution in [2.45, 2.75) is 96.1 Å². The van der Waals surface area contributed by atoms with E-state index in [1.807, 2.05) is 23.1 Å². The van der Waals surface area contributed by atoms with Crippen molar-refractivity contribution in [3.63, 3.8) is 0 Å². The number of aliphatic hydroxyl groups excluding tert-OH is 1. The van der Waals surface area contributed by atoms with Crippen molar-refractivity contribution in [3.8, 4) is 0 Å². The number of nitrogens with two attached hydrogens (primary N) is 1. The minimum atomic E-state index is -0.401. The molecule has 2 heterocycles. The molecule has 0 amide bonds. The van der Waals surface area contributed by atoms with Gasteiger partial charge in [0.25, 0.3) is 0 Å². The summed E-state index contributed by atoms with van der Waals surface area (Å²) in [7, 11) is 0. The summed E-state index contributed by atoms with van der Waals surface area (Å²) in [5.41, 5.74) is 8.63. The van der Waals surface area contributed by atoms with Gasteiger partial charge in [-0.3, -0.25) is 0 Å². The van der Waals surface area contributed by atoms with Crippen molar-refractivity contribution in [2.75, 3.05) is 6.61 Å². The van der Waals surface area contributed by atoms with Crippen molar-refractivity contribution in [1.29, 1.82) is 0 Å². The number of aliphatic imine (C=N–C) groups is 1. The van der Waals surface area contributed by atoms with Crippen LogP contribution in [0, 0.1) is 0 Å². The Bertz CT molecular complexity index is 899. The zero-order valence-corrected chi connectivity index (χ0v) is 21.2. The van der Waals surface area contributed by atoms with Gasteiger partial charge in [0.15, 0.2) is 5.96 Å². The topological polar surface area (TPSA) is 97.4 Å². The predicted octanol–water partition coefficient (Wildman–Crippen LogP) is 4.46. The zero-order chi connectivity index (χ0) is 25.2. The second kappa shape index (κ2) is 13.4. The molecule has 1 aromatic carbocycles. The van der Waals surface area contributed by atoms with Gasteiger partial charge in [0.1, 0.15) is 6.61 Å². The van der Waals surface area contributed by atoms with E-state index in [1.165, 1.54) is 5.56 Å². The number of guanidine groups is 1. The number of fused-ring (bicyclic) bond motifs is 1. The molecule has 0 unspecified atom stereocenters. The lowest BCUT2D eigenvalue weighted by Gasteiger charge is -2.36. The lowest BCUT2D eigenvalue weighted by atomic mass is 10.0. The summed E-state index contributed by atoms with van der Waals surface area (Å²) < 4.78 is 11.2. The molecule has 0 aromatic heterocycles. The van der Waals surface area contributed by atoms with Gasteiger partial charge in [-0.2, -0.15) is 0 Å². The van der Waals surface area contributed by atoms with Crippen LogP contribution in [0.15, 0.2) is 59.2 Å². The Morgan fingerprint density at radius 2 is 2.00 bits per heavy atom. The van der Waals surface area contributed by atoms with E-state index in [-0.39, 0.29) is 30.8 Å². The van der Waals surface area contributed by atoms with E-state index in [1.54, 1.807) is 13.0 Å². The summed E-state index contributed by atoms with van der Waals surface area (Å²) in [4.78, 5) is 19.0. The molecule has 1 aromatic rings. The van der Waals surface area contributed by atoms with Crippen LogP contribution in [0.5, 0.6) is 0 Å². The van der Waals surface area contributed by atoms with Crippen molar-refractivity contribution in [2.24, 2.45) is 10.7 Å². The lowest BCUT2D eigenvalue weighted by molar-refractivity contribution is -0.138. The van der Waals surface area contributed by atoms with Gasteiger partial charge in [0.2, 0.25) is 0 Å². The average molecular weight is 484 g/mol. The quantitative estimate of drug-likeness (QED) is 0.230. The third-order valence-electron chi connectivity index (χ3n) is 6.89. The molecule has 3 N–H and O–H groups in total. The third kappa shape index (κ3) is 7.67. The fraction of sp³-hybridized carbons (Fsp3) is 0.571. The number of hydrogen-bond donors (Lipinski definition) is 2. The van der Waals surface area contributed by atoms with Crippen molar-refractivity contribution >= 4 is 11.9 Å². The predicted molar refractivity (Wildman–Crippen MR) is 139 cm³/mol. The highest BCUT2D eigenvalue weighted by Gasteiger charge is 2.43. The van der Waals surface area contributed by atoms with E-state index in [2.05, 4.69) is 30.6 Å². The maximum Gasteiger partial charge on any atom is 0.338 e. The van der Waals surface area contributed by atoms with Gasteiger partial charge >= 0.3 is 5.97 Å². The number of aliphatic hydroxyl groups is 1. The Balaban J connectivity index is 1.37. The second-order valence-electron chi connectivity index (χ2n) is 9.65. The number of carbonyl (C=O) groups is 1. The summed E-state index contributed by atoms with van der Waals surface area (Å²) in [6.45, 7) is 8.33. The lowest BCUT2D eigenvalue weighted by Crippen LogP contribution is -2.50. The van der Waals surface area contributed by atoms with E-state index in [0.29, 0.717) is 30.3 Å². The first-order valence-electron chi connectivity index (χ1n) is 12.9. The number of hydrogen-bond acceptors (Lipinski definition) is 7. The van der Waals surface area contributed by atoms with Crippen LogP contribution in [-0.4, -0.2) is 52.8 Å². The van der Waals surface area contributed by atoms with Gasteiger partial charge in [-0.1, -0.05) is 62.2 Å². The Kier molecular flexibility index (Phi) is 10.4. The van der Waals surface area contributed by atoms with Crippen LogP contribution in [0.1, 0.15) is 70.8 Å². The van der Waals surface area contributed by atoms with Crippen LogP contribution < -0.4 is 5.73 Å². The first kappa shape index (κ1) is 27.0. The van der Waals surface area contributed by atoms with Crippen LogP contribution in [0.25, 0.3) is 0 Å². The van der Waals surface area contributed by atoms with E-state index in [9.17, 15) is 9.90 Å². The van der Waals surface area contributed by atoms with E-state index >= 15 is 0 Å². The summed E-state index contributed by atoms with van der Waals surface area (Å²) in [5.74, 6) is 0.0591. The van der Waals surface area contributed by atoms with Gasteiger partial charge in [-0.15, -0.1) is 0 Å². The molecule has 0 spiro atoms. The number of carbonyl (C=O) groups excluding carboxylic acids is 1. The zero-order valence-electron chi connectivity index (χ0n) is 21.2. The smallest absolute Gasteiger partial charge is 0.338 e. The molecule has 7 heteroatoms. The number of allylic oxidation sites excluding steroid dienone is 1. The Morgan fingerprint density at radius 3 is 2.74 bits per heavy atom. The SMILES string of the molecule is C=CCOC(=O)C1=C(C)N=C(N)N2[C@H](C[C@@H](O)CCCCC[C@@H](C)OCc3ccccc3)CC[C@@H]12. The summed E-state index contributed by atoms with van der Waals surface area (Å²) in [5, 5.41) is 10.7. The van der Waals surface area contributed by atoms with Gasteiger partial charge in [0.05, 0.1) is 36.1 Å². The number of esters is 1. The van der Waals surface area contributed by atoms with Gasteiger partial charge in [-0.05, 0) is 51.5 Å². The standard InChI is InChI=1S/C28H41N3O4/c1-4-17-34-27(33)26-21(3)30-28(29)31-23(15-16-25(26)31)18-24(32)14-10-5-7-11-20(2)35-19-22-12-8-6-9-13-22/h4,6,8-9,12-13,20,23-25,32H,1,5,7,10-11,14-19H2,2-3H3,(H2,29,30)/t20-,23+,24+,25+/m1/s1. The second-order valence-corrected chi connectivity index (χ2v) is 9.65. The largest absolute Gasteiger partial charge is 0.458 e. The van der Waals surface area contributed by atoms with E-state index in [0.717, 1.165) is 44.9 Å². The van der Waals surface area contributed by atoms with Crippen LogP contribution in [0.2, 0.25) is 0 Å². The molecule has 0 aliphatic carbocycles. The van der Waals surface area contributed by atoms with Crippen molar-refractivity contribution in [3.05, 3.63) is 59.8 Å². The highest BCUT2D eigenvalue weighted by atomic mass is 16.5. The van der Waals surface area contributed by atoms with Gasteiger partial charge in [-0.25, -0.2) is 9.79 Å². The minimum absolute atomic E-state index is 0.0699. The number of nitrogens with zero attached hydrogens (tertiary/aromatic N) is 2.